The number of hydrogen-bond acceptors (Lipinski definition) is 2. The van der Waals surface area contributed by atoms with Crippen LogP contribution in [0.15, 0.2) is 30.3 Å². The molecule has 2 heterocycles. The molecule has 1 aliphatic rings. The van der Waals surface area contributed by atoms with Gasteiger partial charge in [0.05, 0.1) is 7.11 Å². The number of aryl methyl sites for hydroxylation is 1. The molecule has 0 fully saturated rings. The van der Waals surface area contributed by atoms with Crippen LogP contribution in [0, 0.1) is 6.92 Å². The van der Waals surface area contributed by atoms with Crippen LogP contribution in [0.5, 0.6) is 0 Å². The lowest BCUT2D eigenvalue weighted by Crippen LogP contribution is -2.34. The van der Waals surface area contributed by atoms with Crippen molar-refractivity contribution in [1.82, 2.24) is 9.88 Å². The van der Waals surface area contributed by atoms with Crippen molar-refractivity contribution in [2.45, 2.75) is 13.3 Å². The van der Waals surface area contributed by atoms with Crippen molar-refractivity contribution in [3.05, 3.63) is 41.6 Å². The SMILES string of the molecule is COC(=O)N1CC=C(c2c(C)[nH]c3ccccc23)CC1. The van der Waals surface area contributed by atoms with Gasteiger partial charge in [0.25, 0.3) is 0 Å². The highest BCUT2D eigenvalue weighted by atomic mass is 16.5. The van der Waals surface area contributed by atoms with Crippen molar-refractivity contribution >= 4 is 22.6 Å². The van der Waals surface area contributed by atoms with E-state index in [4.69, 9.17) is 4.74 Å². The minimum absolute atomic E-state index is 0.254. The molecule has 0 spiro atoms. The topological polar surface area (TPSA) is 45.3 Å². The van der Waals surface area contributed by atoms with E-state index < -0.39 is 0 Å². The van der Waals surface area contributed by atoms with E-state index in [0.717, 1.165) is 11.9 Å². The first-order chi connectivity index (χ1) is 9.70. The summed E-state index contributed by atoms with van der Waals surface area (Å²) in [6, 6.07) is 8.33. The number of rotatable bonds is 1. The smallest absolute Gasteiger partial charge is 0.409 e. The second kappa shape index (κ2) is 5.04. The number of methoxy groups -OCH3 is 1. The lowest BCUT2D eigenvalue weighted by molar-refractivity contribution is 0.128. The predicted molar refractivity (Wildman–Crippen MR) is 79.6 cm³/mol. The molecule has 0 atom stereocenters. The molecule has 0 saturated heterocycles. The van der Waals surface area contributed by atoms with E-state index in [9.17, 15) is 4.79 Å². The van der Waals surface area contributed by atoms with E-state index in [2.05, 4.69) is 36.2 Å². The molecule has 1 amide bonds. The van der Waals surface area contributed by atoms with Gasteiger partial charge >= 0.3 is 6.09 Å². The molecule has 0 saturated carbocycles. The van der Waals surface area contributed by atoms with Gasteiger partial charge in [-0.3, -0.25) is 0 Å². The van der Waals surface area contributed by atoms with E-state index in [1.54, 1.807) is 4.90 Å². The predicted octanol–water partition coefficient (Wildman–Crippen LogP) is 3.33. The average molecular weight is 270 g/mol. The molecule has 0 unspecified atom stereocenters. The summed E-state index contributed by atoms with van der Waals surface area (Å²) >= 11 is 0. The van der Waals surface area contributed by atoms with Gasteiger partial charge < -0.3 is 14.6 Å². The van der Waals surface area contributed by atoms with Gasteiger partial charge in [0.15, 0.2) is 0 Å². The Balaban J connectivity index is 1.95. The fraction of sp³-hybridized carbons (Fsp3) is 0.312. The number of aromatic nitrogens is 1. The van der Waals surface area contributed by atoms with Gasteiger partial charge in [-0.2, -0.15) is 0 Å². The number of aromatic amines is 1. The van der Waals surface area contributed by atoms with Crippen molar-refractivity contribution in [2.75, 3.05) is 20.2 Å². The Labute approximate surface area is 118 Å². The van der Waals surface area contributed by atoms with Gasteiger partial charge in [0, 0.05) is 35.2 Å². The van der Waals surface area contributed by atoms with Crippen LogP contribution in [-0.2, 0) is 4.74 Å². The zero-order valence-electron chi connectivity index (χ0n) is 11.8. The van der Waals surface area contributed by atoms with E-state index in [0.29, 0.717) is 13.1 Å². The molecule has 1 aromatic heterocycles. The number of benzene rings is 1. The van der Waals surface area contributed by atoms with Crippen LogP contribution in [0.25, 0.3) is 16.5 Å². The molecule has 20 heavy (non-hydrogen) atoms. The number of nitrogens with one attached hydrogen (secondary N) is 1. The van der Waals surface area contributed by atoms with Crippen molar-refractivity contribution in [3.63, 3.8) is 0 Å². The van der Waals surface area contributed by atoms with Gasteiger partial charge in [-0.25, -0.2) is 4.79 Å². The summed E-state index contributed by atoms with van der Waals surface area (Å²) in [7, 11) is 1.42. The van der Waals surface area contributed by atoms with E-state index in [1.807, 2.05) is 6.07 Å². The summed E-state index contributed by atoms with van der Waals surface area (Å²) in [6.07, 6.45) is 2.73. The largest absolute Gasteiger partial charge is 0.453 e. The maximum atomic E-state index is 11.5. The van der Waals surface area contributed by atoms with Gasteiger partial charge in [0.2, 0.25) is 0 Å². The number of nitrogens with zero attached hydrogens (tertiary/aromatic N) is 1. The van der Waals surface area contributed by atoms with Crippen LogP contribution in [0.4, 0.5) is 4.79 Å². The third-order valence-electron chi connectivity index (χ3n) is 3.86. The zero-order chi connectivity index (χ0) is 14.1. The Hall–Kier alpha value is -2.23. The number of carbonyl (C=O) groups is 1. The van der Waals surface area contributed by atoms with Gasteiger partial charge in [-0.05, 0) is 25.0 Å². The quantitative estimate of drug-likeness (QED) is 0.864. The molecule has 1 N–H and O–H groups in total. The highest BCUT2D eigenvalue weighted by Gasteiger charge is 2.20. The van der Waals surface area contributed by atoms with Crippen LogP contribution in [-0.4, -0.2) is 36.2 Å². The lowest BCUT2D eigenvalue weighted by atomic mass is 9.97. The minimum Gasteiger partial charge on any atom is -0.453 e. The zero-order valence-corrected chi connectivity index (χ0v) is 11.8. The second-order valence-corrected chi connectivity index (χ2v) is 5.07. The normalized spacial score (nSPS) is 15.3. The van der Waals surface area contributed by atoms with Crippen LogP contribution >= 0.6 is 0 Å². The molecule has 0 radical (unpaired) electrons. The number of amides is 1. The van der Waals surface area contributed by atoms with E-state index in [-0.39, 0.29) is 6.09 Å². The first-order valence-electron chi connectivity index (χ1n) is 6.80. The molecular formula is C16H18N2O2. The van der Waals surface area contributed by atoms with Crippen LogP contribution in [0.2, 0.25) is 0 Å². The Morgan fingerprint density at radius 2 is 2.15 bits per heavy atom. The van der Waals surface area contributed by atoms with Crippen LogP contribution < -0.4 is 0 Å². The average Bonchev–Trinajstić information content (AvgIpc) is 2.82. The highest BCUT2D eigenvalue weighted by molar-refractivity contribution is 5.94. The molecule has 4 nitrogen and oxygen atoms in total. The Kier molecular flexibility index (Phi) is 3.22. The van der Waals surface area contributed by atoms with Gasteiger partial charge in [-0.15, -0.1) is 0 Å². The maximum absolute atomic E-state index is 11.5. The molecule has 0 aliphatic carbocycles. The fourth-order valence-corrected chi connectivity index (χ4v) is 2.88. The first-order valence-corrected chi connectivity index (χ1v) is 6.80. The van der Waals surface area contributed by atoms with Crippen LogP contribution in [0.3, 0.4) is 0 Å². The number of H-pyrrole nitrogens is 1. The fourth-order valence-electron chi connectivity index (χ4n) is 2.88. The van der Waals surface area contributed by atoms with Crippen molar-refractivity contribution in [1.29, 1.82) is 0 Å². The molecular weight excluding hydrogens is 252 g/mol. The minimum atomic E-state index is -0.254. The third kappa shape index (κ3) is 2.07. The molecule has 2 aromatic rings. The lowest BCUT2D eigenvalue weighted by Gasteiger charge is -2.25. The summed E-state index contributed by atoms with van der Waals surface area (Å²) in [5.74, 6) is 0. The number of carbonyl (C=O) groups excluding carboxylic acids is 1. The van der Waals surface area contributed by atoms with Crippen molar-refractivity contribution < 1.29 is 9.53 Å². The summed E-state index contributed by atoms with van der Waals surface area (Å²) in [6.45, 7) is 3.42. The number of ether oxygens (including phenoxy) is 1. The van der Waals surface area contributed by atoms with Crippen molar-refractivity contribution in [2.24, 2.45) is 0 Å². The summed E-state index contributed by atoms with van der Waals surface area (Å²) in [5, 5.41) is 1.25. The Morgan fingerprint density at radius 3 is 2.85 bits per heavy atom. The summed E-state index contributed by atoms with van der Waals surface area (Å²) in [4.78, 5) is 16.6. The van der Waals surface area contributed by atoms with Gasteiger partial charge in [0.1, 0.15) is 0 Å². The second-order valence-electron chi connectivity index (χ2n) is 5.07. The molecule has 0 bridgehead atoms. The van der Waals surface area contributed by atoms with Crippen LogP contribution in [0.1, 0.15) is 17.7 Å². The molecule has 104 valence electrons. The van der Waals surface area contributed by atoms with Gasteiger partial charge in [-0.1, -0.05) is 24.3 Å². The molecule has 4 heteroatoms. The standard InChI is InChI=1S/C16H18N2O2/c1-11-15(13-5-3-4-6-14(13)17-11)12-7-9-18(10-8-12)16(19)20-2/h3-7,17H,8-10H2,1-2H3. The number of fused-ring (bicyclic) bond motifs is 1. The number of hydrogen-bond donors (Lipinski definition) is 1. The van der Waals surface area contributed by atoms with E-state index >= 15 is 0 Å². The third-order valence-corrected chi connectivity index (χ3v) is 3.86. The Bertz CT molecular complexity index is 685. The highest BCUT2D eigenvalue weighted by Crippen LogP contribution is 2.32. The summed E-state index contributed by atoms with van der Waals surface area (Å²) < 4.78 is 4.76. The first kappa shape index (κ1) is 12.8. The van der Waals surface area contributed by atoms with Crippen molar-refractivity contribution in [3.8, 4) is 0 Å². The van der Waals surface area contributed by atoms with E-state index in [1.165, 1.54) is 29.3 Å². The maximum Gasteiger partial charge on any atom is 0.409 e. The summed E-state index contributed by atoms with van der Waals surface area (Å²) in [5.41, 5.74) is 4.94. The molecule has 1 aliphatic heterocycles. The Morgan fingerprint density at radius 1 is 1.35 bits per heavy atom. The molecule has 3 rings (SSSR count). The monoisotopic (exact) mass is 270 g/mol. The molecule has 1 aromatic carbocycles. The number of para-hydroxylation sites is 1.